The fraction of sp³-hybridized carbons (Fsp3) is 0.846. The number of esters is 1. The first-order valence-electron chi connectivity index (χ1n) is 6.58. The van der Waals surface area contributed by atoms with Gasteiger partial charge in [-0.15, -0.1) is 0 Å². The summed E-state index contributed by atoms with van der Waals surface area (Å²) in [7, 11) is 0. The Balaban J connectivity index is 3.55. The van der Waals surface area contributed by atoms with Crippen LogP contribution in [0.25, 0.3) is 0 Å². The number of rotatable bonds is 9. The van der Waals surface area contributed by atoms with Crippen LogP contribution in [0.4, 0.5) is 0 Å². The van der Waals surface area contributed by atoms with Gasteiger partial charge in [0.1, 0.15) is 0 Å². The minimum atomic E-state index is -0.184. The molecule has 0 aliphatic carbocycles. The van der Waals surface area contributed by atoms with Crippen LogP contribution in [0.3, 0.4) is 0 Å². The molecule has 0 unspecified atom stereocenters. The SMILES string of the molecule is CCOC(=O)CCCNCC(=O)NC(C)(C)CC. The van der Waals surface area contributed by atoms with E-state index in [9.17, 15) is 9.59 Å². The van der Waals surface area contributed by atoms with Crippen molar-refractivity contribution in [3.8, 4) is 0 Å². The Bertz CT molecular complexity index is 265. The van der Waals surface area contributed by atoms with Crippen molar-refractivity contribution in [2.24, 2.45) is 0 Å². The second kappa shape index (κ2) is 8.91. The first kappa shape index (κ1) is 16.9. The van der Waals surface area contributed by atoms with E-state index in [0.717, 1.165) is 6.42 Å². The van der Waals surface area contributed by atoms with Crippen molar-refractivity contribution in [2.45, 2.75) is 52.5 Å². The average Bonchev–Trinajstić information content (AvgIpc) is 2.28. The number of carbonyl (C=O) groups is 2. The molecule has 1 amide bonds. The maximum absolute atomic E-state index is 11.6. The quantitative estimate of drug-likeness (QED) is 0.482. The molecule has 2 N–H and O–H groups in total. The molecule has 5 nitrogen and oxygen atoms in total. The molecule has 0 bridgehead atoms. The molecular formula is C13H26N2O3. The highest BCUT2D eigenvalue weighted by Gasteiger charge is 2.16. The van der Waals surface area contributed by atoms with Gasteiger partial charge in [0.2, 0.25) is 5.91 Å². The summed E-state index contributed by atoms with van der Waals surface area (Å²) in [5.74, 6) is -0.200. The minimum Gasteiger partial charge on any atom is -0.466 e. The van der Waals surface area contributed by atoms with E-state index in [1.807, 2.05) is 20.8 Å². The average molecular weight is 258 g/mol. The fourth-order valence-corrected chi connectivity index (χ4v) is 1.30. The van der Waals surface area contributed by atoms with Crippen LogP contribution in [0.1, 0.15) is 47.0 Å². The maximum atomic E-state index is 11.6. The fourth-order valence-electron chi connectivity index (χ4n) is 1.30. The van der Waals surface area contributed by atoms with Crippen molar-refractivity contribution in [3.05, 3.63) is 0 Å². The van der Waals surface area contributed by atoms with Gasteiger partial charge in [0.05, 0.1) is 13.2 Å². The number of hydrogen-bond acceptors (Lipinski definition) is 4. The zero-order valence-electron chi connectivity index (χ0n) is 12.0. The lowest BCUT2D eigenvalue weighted by atomic mass is 10.0. The van der Waals surface area contributed by atoms with E-state index in [-0.39, 0.29) is 24.0 Å². The first-order chi connectivity index (χ1) is 8.41. The van der Waals surface area contributed by atoms with Gasteiger partial charge < -0.3 is 15.4 Å². The molecule has 0 rings (SSSR count). The van der Waals surface area contributed by atoms with E-state index in [1.54, 1.807) is 6.92 Å². The van der Waals surface area contributed by atoms with Crippen molar-refractivity contribution >= 4 is 11.9 Å². The van der Waals surface area contributed by atoms with Crippen LogP contribution in [0.5, 0.6) is 0 Å². The summed E-state index contributed by atoms with van der Waals surface area (Å²) in [4.78, 5) is 22.6. The molecule has 0 saturated heterocycles. The molecule has 0 aliphatic rings. The van der Waals surface area contributed by atoms with Crippen molar-refractivity contribution in [3.63, 3.8) is 0 Å². The third kappa shape index (κ3) is 8.98. The van der Waals surface area contributed by atoms with Gasteiger partial charge in [-0.1, -0.05) is 6.92 Å². The Morgan fingerprint density at radius 1 is 1.22 bits per heavy atom. The second-order valence-electron chi connectivity index (χ2n) is 4.87. The van der Waals surface area contributed by atoms with Crippen LogP contribution in [0, 0.1) is 0 Å². The van der Waals surface area contributed by atoms with Gasteiger partial charge >= 0.3 is 5.97 Å². The van der Waals surface area contributed by atoms with Crippen LogP contribution in [0.2, 0.25) is 0 Å². The highest BCUT2D eigenvalue weighted by molar-refractivity contribution is 5.78. The number of carbonyl (C=O) groups excluding carboxylic acids is 2. The van der Waals surface area contributed by atoms with Gasteiger partial charge in [-0.25, -0.2) is 0 Å². The van der Waals surface area contributed by atoms with Crippen molar-refractivity contribution in [2.75, 3.05) is 19.7 Å². The van der Waals surface area contributed by atoms with E-state index >= 15 is 0 Å². The Hall–Kier alpha value is -1.10. The first-order valence-corrected chi connectivity index (χ1v) is 6.58. The monoisotopic (exact) mass is 258 g/mol. The maximum Gasteiger partial charge on any atom is 0.305 e. The number of nitrogens with one attached hydrogen (secondary N) is 2. The van der Waals surface area contributed by atoms with Gasteiger partial charge in [0, 0.05) is 12.0 Å². The molecule has 0 atom stereocenters. The van der Waals surface area contributed by atoms with Gasteiger partial charge in [-0.2, -0.15) is 0 Å². The van der Waals surface area contributed by atoms with Crippen molar-refractivity contribution in [1.82, 2.24) is 10.6 Å². The van der Waals surface area contributed by atoms with Crippen LogP contribution in [-0.4, -0.2) is 37.1 Å². The molecule has 18 heavy (non-hydrogen) atoms. The summed E-state index contributed by atoms with van der Waals surface area (Å²) in [6, 6.07) is 0. The third-order valence-electron chi connectivity index (χ3n) is 2.69. The molecule has 0 fully saturated rings. The van der Waals surface area contributed by atoms with Crippen LogP contribution in [-0.2, 0) is 14.3 Å². The molecule has 0 saturated carbocycles. The highest BCUT2D eigenvalue weighted by Crippen LogP contribution is 2.05. The molecule has 5 heteroatoms. The van der Waals surface area contributed by atoms with E-state index in [2.05, 4.69) is 10.6 Å². The molecule has 0 spiro atoms. The van der Waals surface area contributed by atoms with E-state index < -0.39 is 0 Å². The van der Waals surface area contributed by atoms with Gasteiger partial charge in [0.25, 0.3) is 0 Å². The predicted octanol–water partition coefficient (Wildman–Crippen LogP) is 1.22. The zero-order chi connectivity index (χ0) is 14.0. The van der Waals surface area contributed by atoms with Gasteiger partial charge in [0.15, 0.2) is 0 Å². The minimum absolute atomic E-state index is 0.0158. The molecule has 0 aromatic heterocycles. The molecule has 0 aliphatic heterocycles. The van der Waals surface area contributed by atoms with Crippen molar-refractivity contribution < 1.29 is 14.3 Å². The standard InChI is InChI=1S/C13H26N2O3/c1-5-13(3,4)15-11(16)10-14-9-7-8-12(17)18-6-2/h14H,5-10H2,1-4H3,(H,15,16). The van der Waals surface area contributed by atoms with Crippen molar-refractivity contribution in [1.29, 1.82) is 0 Å². The van der Waals surface area contributed by atoms with Crippen LogP contribution >= 0.6 is 0 Å². The molecule has 0 aromatic carbocycles. The highest BCUT2D eigenvalue weighted by atomic mass is 16.5. The molecule has 0 radical (unpaired) electrons. The number of hydrogen-bond donors (Lipinski definition) is 2. The molecule has 106 valence electrons. The summed E-state index contributed by atoms with van der Waals surface area (Å²) in [5.41, 5.74) is -0.163. The van der Waals surface area contributed by atoms with E-state index in [4.69, 9.17) is 4.74 Å². The smallest absolute Gasteiger partial charge is 0.305 e. The Morgan fingerprint density at radius 3 is 2.44 bits per heavy atom. The summed E-state index contributed by atoms with van der Waals surface area (Å²) >= 11 is 0. The van der Waals surface area contributed by atoms with E-state index in [0.29, 0.717) is 26.0 Å². The lowest BCUT2D eigenvalue weighted by Crippen LogP contribution is -2.46. The summed E-state index contributed by atoms with van der Waals surface area (Å²) < 4.78 is 4.80. The Morgan fingerprint density at radius 2 is 1.89 bits per heavy atom. The molecular weight excluding hydrogens is 232 g/mol. The molecule has 0 aromatic rings. The van der Waals surface area contributed by atoms with Gasteiger partial charge in [-0.05, 0) is 40.2 Å². The second-order valence-corrected chi connectivity index (χ2v) is 4.87. The predicted molar refractivity (Wildman–Crippen MR) is 71.2 cm³/mol. The lowest BCUT2D eigenvalue weighted by molar-refractivity contribution is -0.143. The normalized spacial score (nSPS) is 11.1. The number of amides is 1. The van der Waals surface area contributed by atoms with Crippen LogP contribution in [0.15, 0.2) is 0 Å². The summed E-state index contributed by atoms with van der Waals surface area (Å²) in [6.07, 6.45) is 1.97. The third-order valence-corrected chi connectivity index (χ3v) is 2.69. The summed E-state index contributed by atoms with van der Waals surface area (Å²) in [6.45, 7) is 9.14. The number of ether oxygens (including phenoxy) is 1. The largest absolute Gasteiger partial charge is 0.466 e. The Labute approximate surface area is 110 Å². The summed E-state index contributed by atoms with van der Waals surface area (Å²) in [5, 5.41) is 5.94. The Kier molecular flexibility index (Phi) is 8.37. The van der Waals surface area contributed by atoms with Gasteiger partial charge in [-0.3, -0.25) is 9.59 Å². The van der Waals surface area contributed by atoms with Crippen LogP contribution < -0.4 is 10.6 Å². The topological polar surface area (TPSA) is 67.4 Å². The zero-order valence-corrected chi connectivity index (χ0v) is 12.0. The lowest BCUT2D eigenvalue weighted by Gasteiger charge is -2.24. The molecule has 0 heterocycles. The van der Waals surface area contributed by atoms with E-state index in [1.165, 1.54) is 0 Å².